The fourth-order valence-electron chi connectivity index (χ4n) is 2.90. The molecule has 2 aromatic rings. The van der Waals surface area contributed by atoms with Gasteiger partial charge in [-0.3, -0.25) is 4.68 Å². The molecule has 0 spiro atoms. The molecule has 1 saturated heterocycles. The molecule has 0 unspecified atom stereocenters. The largest absolute Gasteiger partial charge is 0.492 e. The summed E-state index contributed by atoms with van der Waals surface area (Å²) in [4.78, 5) is 13.7. The lowest BCUT2D eigenvalue weighted by molar-refractivity contribution is -0.00381. The van der Waals surface area contributed by atoms with Crippen LogP contribution in [0.3, 0.4) is 0 Å². The zero-order valence-corrected chi connectivity index (χ0v) is 16.7. The molecule has 3 rings (SSSR count). The summed E-state index contributed by atoms with van der Waals surface area (Å²) in [5.41, 5.74) is 0.459. The lowest BCUT2D eigenvalue weighted by atomic mass is 10.0. The summed E-state index contributed by atoms with van der Waals surface area (Å²) in [6, 6.07) is 3.93. The van der Waals surface area contributed by atoms with Crippen molar-refractivity contribution >= 4 is 32.9 Å². The Morgan fingerprint density at radius 1 is 1.36 bits per heavy atom. The Labute approximate surface area is 156 Å². The quantitative estimate of drug-likeness (QED) is 0.763. The van der Waals surface area contributed by atoms with Crippen LogP contribution in [0.5, 0.6) is 5.75 Å². The zero-order chi connectivity index (χ0) is 18.2. The first-order valence-electron chi connectivity index (χ1n) is 8.53. The molecule has 1 fully saturated rings. The number of rotatable bonds is 4. The highest BCUT2D eigenvalue weighted by atomic mass is 79.9. The minimum absolute atomic E-state index is 0.239. The number of aromatic nitrogens is 2. The molecule has 25 heavy (non-hydrogen) atoms. The lowest BCUT2D eigenvalue weighted by Crippen LogP contribution is -2.52. The Morgan fingerprint density at radius 2 is 2.08 bits per heavy atom. The summed E-state index contributed by atoms with van der Waals surface area (Å²) in [5.74, 6) is 1.22. The highest BCUT2D eigenvalue weighted by Crippen LogP contribution is 2.33. The number of hydrogen-bond donors (Lipinski definition) is 0. The molecular weight excluding hydrogens is 386 g/mol. The average Bonchev–Trinajstić information content (AvgIpc) is 2.86. The molecule has 2 heterocycles. The monoisotopic (exact) mass is 409 g/mol. The van der Waals surface area contributed by atoms with Gasteiger partial charge in [0.2, 0.25) is 0 Å². The first-order valence-corrected chi connectivity index (χ1v) is 9.32. The standard InChI is InChI=1S/C18H24BrN3O3/c1-5-24-16-13-11-22(20-15(13)7-6-14(16)19)10-12-8-21(9-12)17(23)25-18(2,3)4/h6-7,11-12H,5,8-10H2,1-4H3. The maximum Gasteiger partial charge on any atom is 0.410 e. The number of nitrogens with zero attached hydrogens (tertiary/aromatic N) is 3. The maximum atomic E-state index is 12.0. The predicted molar refractivity (Wildman–Crippen MR) is 99.9 cm³/mol. The minimum atomic E-state index is -0.453. The van der Waals surface area contributed by atoms with Crippen molar-refractivity contribution in [3.63, 3.8) is 0 Å². The van der Waals surface area contributed by atoms with Crippen LogP contribution in [0.2, 0.25) is 0 Å². The van der Waals surface area contributed by atoms with Crippen LogP contribution in [0.1, 0.15) is 27.7 Å². The Bertz CT molecular complexity index is 776. The minimum Gasteiger partial charge on any atom is -0.492 e. The van der Waals surface area contributed by atoms with E-state index in [1.807, 2.05) is 50.7 Å². The fourth-order valence-corrected chi connectivity index (χ4v) is 3.36. The van der Waals surface area contributed by atoms with Crippen molar-refractivity contribution in [1.82, 2.24) is 14.7 Å². The van der Waals surface area contributed by atoms with E-state index in [-0.39, 0.29) is 6.09 Å². The highest BCUT2D eigenvalue weighted by molar-refractivity contribution is 9.10. The second-order valence-corrected chi connectivity index (χ2v) is 8.20. The molecule has 0 atom stereocenters. The van der Waals surface area contributed by atoms with Gasteiger partial charge in [-0.2, -0.15) is 5.10 Å². The number of likely N-dealkylation sites (tertiary alicyclic amines) is 1. The van der Waals surface area contributed by atoms with Crippen molar-refractivity contribution in [3.8, 4) is 5.75 Å². The van der Waals surface area contributed by atoms with Gasteiger partial charge in [-0.05, 0) is 55.8 Å². The third kappa shape index (κ3) is 4.08. The van der Waals surface area contributed by atoms with Gasteiger partial charge in [0.25, 0.3) is 0 Å². The van der Waals surface area contributed by atoms with E-state index in [2.05, 4.69) is 21.0 Å². The number of carbonyl (C=O) groups is 1. The number of ether oxygens (including phenoxy) is 2. The molecule has 1 aliphatic rings. The first-order chi connectivity index (χ1) is 11.8. The van der Waals surface area contributed by atoms with Crippen molar-refractivity contribution in [2.75, 3.05) is 19.7 Å². The fraction of sp³-hybridized carbons (Fsp3) is 0.556. The number of halogens is 1. The second-order valence-electron chi connectivity index (χ2n) is 7.34. The lowest BCUT2D eigenvalue weighted by Gasteiger charge is -2.39. The predicted octanol–water partition coefficient (Wildman–Crippen LogP) is 4.06. The van der Waals surface area contributed by atoms with E-state index in [1.165, 1.54) is 0 Å². The van der Waals surface area contributed by atoms with Gasteiger partial charge in [-0.15, -0.1) is 0 Å². The van der Waals surface area contributed by atoms with E-state index >= 15 is 0 Å². The number of amides is 1. The Morgan fingerprint density at radius 3 is 2.72 bits per heavy atom. The van der Waals surface area contributed by atoms with E-state index in [0.29, 0.717) is 25.6 Å². The molecule has 136 valence electrons. The normalized spacial score (nSPS) is 15.3. The van der Waals surface area contributed by atoms with Crippen LogP contribution in [0.4, 0.5) is 4.79 Å². The molecule has 1 aromatic heterocycles. The van der Waals surface area contributed by atoms with Crippen LogP contribution < -0.4 is 4.74 Å². The summed E-state index contributed by atoms with van der Waals surface area (Å²) in [7, 11) is 0. The molecule has 0 bridgehead atoms. The molecule has 1 aliphatic heterocycles. The molecule has 6 nitrogen and oxygen atoms in total. The van der Waals surface area contributed by atoms with Gasteiger partial charge in [-0.1, -0.05) is 0 Å². The maximum absolute atomic E-state index is 12.0. The Hall–Kier alpha value is -1.76. The van der Waals surface area contributed by atoms with Crippen LogP contribution in [0, 0.1) is 5.92 Å². The Balaban J connectivity index is 1.63. The summed E-state index contributed by atoms with van der Waals surface area (Å²) >= 11 is 3.53. The van der Waals surface area contributed by atoms with Crippen LogP contribution in [0.25, 0.3) is 10.9 Å². The van der Waals surface area contributed by atoms with Crippen molar-refractivity contribution in [3.05, 3.63) is 22.8 Å². The number of carbonyl (C=O) groups excluding carboxylic acids is 1. The Kier molecular flexibility index (Phi) is 4.95. The van der Waals surface area contributed by atoms with Gasteiger partial charge < -0.3 is 14.4 Å². The summed E-state index contributed by atoms with van der Waals surface area (Å²) in [6.45, 7) is 10.4. The molecule has 1 amide bonds. The van der Waals surface area contributed by atoms with E-state index < -0.39 is 5.60 Å². The van der Waals surface area contributed by atoms with Gasteiger partial charge in [0, 0.05) is 31.7 Å². The van der Waals surface area contributed by atoms with Crippen LogP contribution >= 0.6 is 15.9 Å². The number of benzene rings is 1. The SMILES string of the molecule is CCOc1c(Br)ccc2nn(CC3CN(C(=O)OC(C)(C)C)C3)cc12. The van der Waals surface area contributed by atoms with Crippen molar-refractivity contribution in [2.24, 2.45) is 5.92 Å². The van der Waals surface area contributed by atoms with Gasteiger partial charge >= 0.3 is 6.09 Å². The van der Waals surface area contributed by atoms with Gasteiger partial charge in [0.1, 0.15) is 11.4 Å². The first kappa shape index (κ1) is 18.0. The smallest absolute Gasteiger partial charge is 0.410 e. The second kappa shape index (κ2) is 6.86. The number of hydrogen-bond acceptors (Lipinski definition) is 4. The van der Waals surface area contributed by atoms with Crippen LogP contribution in [-0.2, 0) is 11.3 Å². The van der Waals surface area contributed by atoms with Gasteiger partial charge in [0.05, 0.1) is 22.0 Å². The third-order valence-electron chi connectivity index (χ3n) is 3.98. The average molecular weight is 410 g/mol. The van der Waals surface area contributed by atoms with Crippen LogP contribution in [-0.4, -0.2) is 46.1 Å². The van der Waals surface area contributed by atoms with Gasteiger partial charge in [-0.25, -0.2) is 4.79 Å². The summed E-state index contributed by atoms with van der Waals surface area (Å²) in [5, 5.41) is 5.63. The van der Waals surface area contributed by atoms with E-state index in [1.54, 1.807) is 4.90 Å². The van der Waals surface area contributed by atoms with Crippen molar-refractivity contribution in [1.29, 1.82) is 0 Å². The summed E-state index contributed by atoms with van der Waals surface area (Å²) in [6.07, 6.45) is 1.78. The zero-order valence-electron chi connectivity index (χ0n) is 15.1. The topological polar surface area (TPSA) is 56.6 Å². The van der Waals surface area contributed by atoms with Crippen molar-refractivity contribution in [2.45, 2.75) is 39.8 Å². The summed E-state index contributed by atoms with van der Waals surface area (Å²) < 4.78 is 14.0. The molecule has 1 aromatic carbocycles. The third-order valence-corrected chi connectivity index (χ3v) is 4.61. The molecular formula is C18H24BrN3O3. The molecule has 0 aliphatic carbocycles. The van der Waals surface area contributed by atoms with E-state index in [0.717, 1.165) is 27.7 Å². The van der Waals surface area contributed by atoms with Crippen molar-refractivity contribution < 1.29 is 14.3 Å². The van der Waals surface area contributed by atoms with Crippen LogP contribution in [0.15, 0.2) is 22.8 Å². The molecule has 0 N–H and O–H groups in total. The highest BCUT2D eigenvalue weighted by Gasteiger charge is 2.34. The molecule has 7 heteroatoms. The van der Waals surface area contributed by atoms with Gasteiger partial charge in [0.15, 0.2) is 0 Å². The van der Waals surface area contributed by atoms with E-state index in [4.69, 9.17) is 9.47 Å². The molecule has 0 saturated carbocycles. The molecule has 0 radical (unpaired) electrons. The van der Waals surface area contributed by atoms with E-state index in [9.17, 15) is 4.79 Å². The number of fused-ring (bicyclic) bond motifs is 1.